The largest absolute Gasteiger partial charge is 0.497 e. The van der Waals surface area contributed by atoms with Gasteiger partial charge in [-0.1, -0.05) is 11.2 Å². The van der Waals surface area contributed by atoms with Crippen molar-refractivity contribution < 1.29 is 18.4 Å². The van der Waals surface area contributed by atoms with Crippen LogP contribution in [-0.2, 0) is 11.4 Å². The van der Waals surface area contributed by atoms with Crippen molar-refractivity contribution in [3.63, 3.8) is 0 Å². The van der Waals surface area contributed by atoms with Gasteiger partial charge in [0.05, 0.1) is 12.8 Å². The first-order chi connectivity index (χ1) is 18.0. The number of likely N-dealkylation sites (tertiary alicyclic amines) is 1. The first-order valence-corrected chi connectivity index (χ1v) is 12.7. The molecule has 3 heterocycles. The molecule has 2 aliphatic rings. The van der Waals surface area contributed by atoms with Gasteiger partial charge in [0.15, 0.2) is 11.6 Å². The van der Waals surface area contributed by atoms with Gasteiger partial charge in [0.1, 0.15) is 18.1 Å². The number of nitrogens with zero attached hydrogens (tertiary/aromatic N) is 4. The average Bonchev–Trinajstić information content (AvgIpc) is 3.53. The fourth-order valence-corrected chi connectivity index (χ4v) is 5.38. The quantitative estimate of drug-likeness (QED) is 0.308. The number of hydrogen-bond acceptors (Lipinski definition) is 6. The smallest absolute Gasteiger partial charge is 0.159 e. The number of hydrogen-bond donors (Lipinski definition) is 0. The molecule has 5 rings (SSSR count). The van der Waals surface area contributed by atoms with E-state index in [0.29, 0.717) is 29.0 Å². The van der Waals surface area contributed by atoms with E-state index < -0.39 is 11.6 Å². The number of ether oxygens (including phenoxy) is 1. The van der Waals surface area contributed by atoms with Gasteiger partial charge in [-0.25, -0.2) is 8.78 Å². The second-order valence-corrected chi connectivity index (χ2v) is 9.87. The molecule has 8 heteroatoms. The number of oxime groups is 1. The third-order valence-electron chi connectivity index (χ3n) is 7.34. The predicted octanol–water partition coefficient (Wildman–Crippen LogP) is 5.26. The SMILES string of the molecule is CCON=C(c1ccc(F)c(F)c1)c1ccc(CN2CCC3(CCN(c4ccc(OC)cc4)C3)C2)cn1. The molecule has 194 valence electrons. The van der Waals surface area contributed by atoms with Crippen molar-refractivity contribution in [3.8, 4) is 5.75 Å². The standard InChI is InChI=1S/C29H32F2N4O2/c1-3-37-33-28(22-5-10-25(30)26(31)16-22)27-11-4-21(17-32-27)18-34-14-12-29(19-34)13-15-35(20-29)23-6-8-24(36-2)9-7-23/h4-11,16-17H,3,12-15,18-20H2,1-2H3. The highest BCUT2D eigenvalue weighted by atomic mass is 19.2. The van der Waals surface area contributed by atoms with Crippen LogP contribution in [0.2, 0.25) is 0 Å². The third kappa shape index (κ3) is 5.59. The van der Waals surface area contributed by atoms with Crippen molar-refractivity contribution in [3.05, 3.63) is 89.2 Å². The van der Waals surface area contributed by atoms with Crippen LogP contribution in [0.25, 0.3) is 0 Å². The Morgan fingerprint density at radius 3 is 2.51 bits per heavy atom. The number of anilines is 1. The van der Waals surface area contributed by atoms with Gasteiger partial charge in [0, 0.05) is 49.0 Å². The van der Waals surface area contributed by atoms with E-state index in [0.717, 1.165) is 56.2 Å². The second-order valence-electron chi connectivity index (χ2n) is 9.87. The summed E-state index contributed by atoms with van der Waals surface area (Å²) in [5.74, 6) is -0.954. The first kappa shape index (κ1) is 25.1. The van der Waals surface area contributed by atoms with Crippen LogP contribution in [0.1, 0.15) is 36.6 Å². The molecular formula is C29H32F2N4O2. The minimum absolute atomic E-state index is 0.317. The van der Waals surface area contributed by atoms with E-state index >= 15 is 0 Å². The number of rotatable bonds is 8. The molecule has 3 aromatic rings. The van der Waals surface area contributed by atoms with Crippen LogP contribution in [0.5, 0.6) is 5.75 Å². The van der Waals surface area contributed by atoms with E-state index in [4.69, 9.17) is 9.57 Å². The van der Waals surface area contributed by atoms with Crippen molar-refractivity contribution in [1.82, 2.24) is 9.88 Å². The van der Waals surface area contributed by atoms with Crippen molar-refractivity contribution in [1.29, 1.82) is 0 Å². The lowest BCUT2D eigenvalue weighted by atomic mass is 9.86. The molecule has 1 spiro atoms. The Kier molecular flexibility index (Phi) is 7.37. The Labute approximate surface area is 216 Å². The van der Waals surface area contributed by atoms with Crippen molar-refractivity contribution in [2.75, 3.05) is 44.8 Å². The molecule has 2 saturated heterocycles. The lowest BCUT2D eigenvalue weighted by molar-refractivity contribution is 0.159. The Bertz CT molecular complexity index is 1250. The summed E-state index contributed by atoms with van der Waals surface area (Å²) in [7, 11) is 1.69. The van der Waals surface area contributed by atoms with Crippen LogP contribution in [0, 0.1) is 17.0 Å². The maximum atomic E-state index is 13.8. The van der Waals surface area contributed by atoms with Crippen LogP contribution in [0.4, 0.5) is 14.5 Å². The molecule has 0 saturated carbocycles. The average molecular weight is 507 g/mol. The lowest BCUT2D eigenvalue weighted by Gasteiger charge is -2.26. The lowest BCUT2D eigenvalue weighted by Crippen LogP contribution is -2.30. The minimum Gasteiger partial charge on any atom is -0.497 e. The molecular weight excluding hydrogens is 474 g/mol. The van der Waals surface area contributed by atoms with E-state index in [1.807, 2.05) is 37.4 Å². The summed E-state index contributed by atoms with van der Waals surface area (Å²) in [5.41, 5.74) is 4.01. The van der Waals surface area contributed by atoms with Crippen LogP contribution < -0.4 is 9.64 Å². The van der Waals surface area contributed by atoms with Crippen molar-refractivity contribution in [2.24, 2.45) is 10.6 Å². The fourth-order valence-electron chi connectivity index (χ4n) is 5.38. The van der Waals surface area contributed by atoms with Gasteiger partial charge in [-0.3, -0.25) is 9.88 Å². The minimum atomic E-state index is -0.932. The maximum absolute atomic E-state index is 13.8. The number of pyridine rings is 1. The Morgan fingerprint density at radius 2 is 1.81 bits per heavy atom. The fraction of sp³-hybridized carbons (Fsp3) is 0.379. The first-order valence-electron chi connectivity index (χ1n) is 12.7. The molecule has 2 fully saturated rings. The second kappa shape index (κ2) is 10.8. The summed E-state index contributed by atoms with van der Waals surface area (Å²) >= 11 is 0. The van der Waals surface area contributed by atoms with Gasteiger partial charge < -0.3 is 14.5 Å². The summed E-state index contributed by atoms with van der Waals surface area (Å²) in [4.78, 5) is 14.8. The summed E-state index contributed by atoms with van der Waals surface area (Å²) in [5, 5.41) is 4.12. The summed E-state index contributed by atoms with van der Waals surface area (Å²) < 4.78 is 32.6. The summed E-state index contributed by atoms with van der Waals surface area (Å²) in [6.45, 7) is 7.25. The highest BCUT2D eigenvalue weighted by molar-refractivity contribution is 6.11. The van der Waals surface area contributed by atoms with E-state index in [1.54, 1.807) is 7.11 Å². The molecule has 1 aromatic heterocycles. The number of methoxy groups -OCH3 is 1. The van der Waals surface area contributed by atoms with Crippen LogP contribution >= 0.6 is 0 Å². The third-order valence-corrected chi connectivity index (χ3v) is 7.34. The van der Waals surface area contributed by atoms with E-state index in [1.165, 1.54) is 24.6 Å². The maximum Gasteiger partial charge on any atom is 0.159 e. The number of halogens is 2. The van der Waals surface area contributed by atoms with Crippen molar-refractivity contribution >= 4 is 11.4 Å². The number of aromatic nitrogens is 1. The molecule has 2 aromatic carbocycles. The van der Waals surface area contributed by atoms with Crippen molar-refractivity contribution in [2.45, 2.75) is 26.3 Å². The Hall–Kier alpha value is -3.52. The topological polar surface area (TPSA) is 50.2 Å². The highest BCUT2D eigenvalue weighted by Crippen LogP contribution is 2.41. The highest BCUT2D eigenvalue weighted by Gasteiger charge is 2.43. The molecule has 0 bridgehead atoms. The Morgan fingerprint density at radius 1 is 1.00 bits per heavy atom. The molecule has 0 aliphatic carbocycles. The van der Waals surface area contributed by atoms with Gasteiger partial charge in [0.2, 0.25) is 0 Å². The molecule has 1 unspecified atom stereocenters. The molecule has 6 nitrogen and oxygen atoms in total. The molecule has 0 N–H and O–H groups in total. The van der Waals surface area contributed by atoms with E-state index in [2.05, 4.69) is 32.1 Å². The molecule has 2 aliphatic heterocycles. The predicted molar refractivity (Wildman–Crippen MR) is 140 cm³/mol. The van der Waals surface area contributed by atoms with Crippen LogP contribution in [0.15, 0.2) is 65.9 Å². The Balaban J connectivity index is 1.23. The molecule has 1 atom stereocenters. The van der Waals surface area contributed by atoms with Crippen LogP contribution in [0.3, 0.4) is 0 Å². The van der Waals surface area contributed by atoms with E-state index in [-0.39, 0.29) is 0 Å². The zero-order valence-corrected chi connectivity index (χ0v) is 21.3. The monoisotopic (exact) mass is 506 g/mol. The van der Waals surface area contributed by atoms with Crippen LogP contribution in [-0.4, -0.2) is 55.5 Å². The van der Waals surface area contributed by atoms with Gasteiger partial charge in [-0.2, -0.15) is 0 Å². The molecule has 37 heavy (non-hydrogen) atoms. The van der Waals surface area contributed by atoms with Gasteiger partial charge >= 0.3 is 0 Å². The number of benzene rings is 2. The zero-order chi connectivity index (χ0) is 25.8. The molecule has 0 radical (unpaired) electrons. The van der Waals surface area contributed by atoms with E-state index in [9.17, 15) is 8.78 Å². The normalized spacial score (nSPS) is 20.1. The zero-order valence-electron chi connectivity index (χ0n) is 21.3. The van der Waals surface area contributed by atoms with Gasteiger partial charge in [-0.05, 0) is 80.4 Å². The van der Waals surface area contributed by atoms with Gasteiger partial charge in [-0.15, -0.1) is 0 Å². The summed E-state index contributed by atoms with van der Waals surface area (Å²) in [6, 6.07) is 15.9. The van der Waals surface area contributed by atoms with Gasteiger partial charge in [0.25, 0.3) is 0 Å². The molecule has 0 amide bonds. The summed E-state index contributed by atoms with van der Waals surface area (Å²) in [6.07, 6.45) is 4.21.